The van der Waals surface area contributed by atoms with Crippen LogP contribution in [0, 0.1) is 11.3 Å². The summed E-state index contributed by atoms with van der Waals surface area (Å²) in [7, 11) is 0. The number of rotatable bonds is 3. The smallest absolute Gasteiger partial charge is 0.117 e. The summed E-state index contributed by atoms with van der Waals surface area (Å²) in [5, 5.41) is 18.4. The van der Waals surface area contributed by atoms with Crippen molar-refractivity contribution in [3.8, 4) is 11.8 Å². The average Bonchev–Trinajstić information content (AvgIpc) is 2.40. The zero-order valence-electron chi connectivity index (χ0n) is 10.2. The van der Waals surface area contributed by atoms with Crippen LogP contribution in [0.5, 0.6) is 5.75 Å². The predicted octanol–water partition coefficient (Wildman–Crippen LogP) is 3.42. The zero-order chi connectivity index (χ0) is 13.0. The molecule has 3 heteroatoms. The second-order valence-corrected chi connectivity index (χ2v) is 3.93. The highest BCUT2D eigenvalue weighted by molar-refractivity contribution is 5.65. The summed E-state index contributed by atoms with van der Waals surface area (Å²) in [5.74, 6) is 0.238. The Labute approximate surface area is 107 Å². The predicted molar refractivity (Wildman–Crippen MR) is 71.9 cm³/mol. The van der Waals surface area contributed by atoms with Gasteiger partial charge in [0, 0.05) is 24.0 Å². The topological polar surface area (TPSA) is 47.3 Å². The quantitative estimate of drug-likeness (QED) is 0.891. The van der Waals surface area contributed by atoms with Crippen LogP contribution in [0.3, 0.4) is 0 Å². The van der Waals surface area contributed by atoms with Gasteiger partial charge in [0.15, 0.2) is 0 Å². The number of nitrogens with zero attached hydrogens (tertiary/aromatic N) is 2. The first kappa shape index (κ1) is 12.0. The Morgan fingerprint density at radius 1 is 1.11 bits per heavy atom. The number of hydrogen-bond acceptors (Lipinski definition) is 3. The van der Waals surface area contributed by atoms with Crippen LogP contribution in [0.15, 0.2) is 48.5 Å². The Bertz CT molecular complexity index is 587. The van der Waals surface area contributed by atoms with Crippen LogP contribution in [-0.2, 0) is 0 Å². The van der Waals surface area contributed by atoms with E-state index in [1.807, 2.05) is 42.2 Å². The minimum absolute atomic E-state index is 0.238. The van der Waals surface area contributed by atoms with Gasteiger partial charge in [0.05, 0.1) is 11.6 Å². The Hall–Kier alpha value is -2.47. The summed E-state index contributed by atoms with van der Waals surface area (Å²) in [6.07, 6.45) is 0. The SMILES string of the molecule is CCN(c1cccc(O)c1)c1cccc(C#N)c1. The van der Waals surface area contributed by atoms with Crippen LogP contribution in [0.1, 0.15) is 12.5 Å². The molecule has 0 amide bonds. The Balaban J connectivity index is 2.42. The van der Waals surface area contributed by atoms with Gasteiger partial charge in [-0.2, -0.15) is 5.26 Å². The van der Waals surface area contributed by atoms with Crippen molar-refractivity contribution in [2.24, 2.45) is 0 Å². The van der Waals surface area contributed by atoms with E-state index in [9.17, 15) is 5.11 Å². The van der Waals surface area contributed by atoms with Gasteiger partial charge in [-0.25, -0.2) is 0 Å². The molecule has 0 saturated heterocycles. The molecule has 18 heavy (non-hydrogen) atoms. The minimum atomic E-state index is 0.238. The molecule has 90 valence electrons. The zero-order valence-corrected chi connectivity index (χ0v) is 10.2. The van der Waals surface area contributed by atoms with Crippen LogP contribution < -0.4 is 4.90 Å². The van der Waals surface area contributed by atoms with Crippen LogP contribution in [0.4, 0.5) is 11.4 Å². The maximum Gasteiger partial charge on any atom is 0.117 e. The number of benzene rings is 2. The molecule has 3 nitrogen and oxygen atoms in total. The normalized spacial score (nSPS) is 9.78. The summed E-state index contributed by atoms with van der Waals surface area (Å²) in [4.78, 5) is 2.04. The van der Waals surface area contributed by atoms with Crippen LogP contribution in [0.25, 0.3) is 0 Å². The van der Waals surface area contributed by atoms with Gasteiger partial charge >= 0.3 is 0 Å². The Kier molecular flexibility index (Phi) is 3.49. The van der Waals surface area contributed by atoms with Gasteiger partial charge in [0.25, 0.3) is 0 Å². The Morgan fingerprint density at radius 3 is 2.39 bits per heavy atom. The summed E-state index contributed by atoms with van der Waals surface area (Å²) < 4.78 is 0. The van der Waals surface area contributed by atoms with Gasteiger partial charge in [0.1, 0.15) is 5.75 Å². The molecule has 0 spiro atoms. The molecule has 0 aromatic heterocycles. The highest BCUT2D eigenvalue weighted by Crippen LogP contribution is 2.28. The second-order valence-electron chi connectivity index (χ2n) is 3.93. The fourth-order valence-electron chi connectivity index (χ4n) is 1.92. The van der Waals surface area contributed by atoms with Crippen molar-refractivity contribution >= 4 is 11.4 Å². The molecule has 0 fully saturated rings. The second kappa shape index (κ2) is 5.24. The highest BCUT2D eigenvalue weighted by Gasteiger charge is 2.08. The molecule has 0 aliphatic heterocycles. The third kappa shape index (κ3) is 2.44. The van der Waals surface area contributed by atoms with Crippen LogP contribution >= 0.6 is 0 Å². The molecule has 0 atom stereocenters. The first-order valence-electron chi connectivity index (χ1n) is 5.81. The average molecular weight is 238 g/mol. The maximum atomic E-state index is 9.53. The number of phenolic OH excluding ortho intramolecular Hbond substituents is 1. The number of hydrogen-bond donors (Lipinski definition) is 1. The number of nitriles is 1. The van der Waals surface area contributed by atoms with Gasteiger partial charge in [-0.3, -0.25) is 0 Å². The fraction of sp³-hybridized carbons (Fsp3) is 0.133. The molecule has 0 saturated carbocycles. The van der Waals surface area contributed by atoms with Gasteiger partial charge in [-0.15, -0.1) is 0 Å². The van der Waals surface area contributed by atoms with Crippen molar-refractivity contribution in [1.29, 1.82) is 5.26 Å². The van der Waals surface area contributed by atoms with E-state index in [0.717, 1.165) is 17.9 Å². The van der Waals surface area contributed by atoms with E-state index in [1.165, 1.54) is 0 Å². The lowest BCUT2D eigenvalue weighted by atomic mass is 10.2. The molecular formula is C15H14N2O. The monoisotopic (exact) mass is 238 g/mol. The molecule has 0 radical (unpaired) electrons. The third-order valence-electron chi connectivity index (χ3n) is 2.74. The van der Waals surface area contributed by atoms with E-state index >= 15 is 0 Å². The molecule has 1 N–H and O–H groups in total. The fourth-order valence-corrected chi connectivity index (χ4v) is 1.92. The van der Waals surface area contributed by atoms with Gasteiger partial charge in [-0.05, 0) is 37.3 Å². The molecular weight excluding hydrogens is 224 g/mol. The van der Waals surface area contributed by atoms with E-state index in [0.29, 0.717) is 5.56 Å². The van der Waals surface area contributed by atoms with Crippen molar-refractivity contribution in [1.82, 2.24) is 0 Å². The molecule has 2 aromatic rings. The van der Waals surface area contributed by atoms with E-state index < -0.39 is 0 Å². The molecule has 2 rings (SSSR count). The first-order valence-corrected chi connectivity index (χ1v) is 5.81. The summed E-state index contributed by atoms with van der Waals surface area (Å²) in [6.45, 7) is 2.79. The van der Waals surface area contributed by atoms with Crippen molar-refractivity contribution < 1.29 is 5.11 Å². The molecule has 2 aromatic carbocycles. The maximum absolute atomic E-state index is 9.53. The highest BCUT2D eigenvalue weighted by atomic mass is 16.3. The van der Waals surface area contributed by atoms with Crippen LogP contribution in [0.2, 0.25) is 0 Å². The van der Waals surface area contributed by atoms with Crippen molar-refractivity contribution in [3.05, 3.63) is 54.1 Å². The van der Waals surface area contributed by atoms with Crippen molar-refractivity contribution in [2.45, 2.75) is 6.92 Å². The molecule has 0 heterocycles. The summed E-state index contributed by atoms with van der Waals surface area (Å²) in [5.41, 5.74) is 2.49. The molecule has 0 aliphatic carbocycles. The minimum Gasteiger partial charge on any atom is -0.508 e. The molecule has 0 bridgehead atoms. The van der Waals surface area contributed by atoms with E-state index in [4.69, 9.17) is 5.26 Å². The lowest BCUT2D eigenvalue weighted by molar-refractivity contribution is 0.475. The van der Waals surface area contributed by atoms with E-state index in [-0.39, 0.29) is 5.75 Å². The van der Waals surface area contributed by atoms with E-state index in [2.05, 4.69) is 6.07 Å². The molecule has 0 aliphatic rings. The number of aromatic hydroxyl groups is 1. The largest absolute Gasteiger partial charge is 0.508 e. The van der Waals surface area contributed by atoms with Gasteiger partial charge in [-0.1, -0.05) is 12.1 Å². The summed E-state index contributed by atoms with van der Waals surface area (Å²) >= 11 is 0. The number of phenols is 1. The van der Waals surface area contributed by atoms with Crippen molar-refractivity contribution in [2.75, 3.05) is 11.4 Å². The summed E-state index contributed by atoms with van der Waals surface area (Å²) in [6, 6.07) is 16.7. The number of anilines is 2. The van der Waals surface area contributed by atoms with Gasteiger partial charge in [0.2, 0.25) is 0 Å². The van der Waals surface area contributed by atoms with E-state index in [1.54, 1.807) is 18.2 Å². The van der Waals surface area contributed by atoms with Crippen LogP contribution in [-0.4, -0.2) is 11.7 Å². The first-order chi connectivity index (χ1) is 8.74. The lowest BCUT2D eigenvalue weighted by Gasteiger charge is -2.23. The van der Waals surface area contributed by atoms with Crippen molar-refractivity contribution in [3.63, 3.8) is 0 Å². The third-order valence-corrected chi connectivity index (χ3v) is 2.74. The standard InChI is InChI=1S/C15H14N2O/c1-2-17(14-7-4-8-15(18)10-14)13-6-3-5-12(9-13)11-16/h3-10,18H,2H2,1H3. The Morgan fingerprint density at radius 2 is 1.78 bits per heavy atom. The lowest BCUT2D eigenvalue weighted by Crippen LogP contribution is -2.15. The van der Waals surface area contributed by atoms with Gasteiger partial charge < -0.3 is 10.0 Å². The molecule has 0 unspecified atom stereocenters.